The van der Waals surface area contributed by atoms with Gasteiger partial charge in [-0.05, 0) is 13.3 Å². The molecule has 0 bridgehead atoms. The Balaban J connectivity index is 1.63. The molecule has 4 atom stereocenters. The molecule has 4 rings (SSSR count). The molecule has 11 nitrogen and oxygen atoms in total. The Hall–Kier alpha value is -3.02. The Morgan fingerprint density at radius 3 is 2.97 bits per heavy atom. The SMILES string of the molecule is CCCCCC(=O)OC[C@H]1O[C@@H](n2cc3c(N)cc(=O)nc4c3c2N=CN4)[C@@](C)(O)[C@@H]1O. The average Bonchev–Trinajstić information content (AvgIpc) is 3.18. The lowest BCUT2D eigenvalue weighted by Gasteiger charge is -2.28. The first-order valence-corrected chi connectivity index (χ1v) is 10.6. The van der Waals surface area contributed by atoms with Gasteiger partial charge in [-0.3, -0.25) is 9.59 Å². The fraction of sp³-hybridized carbons (Fsp3) is 0.524. The zero-order valence-electron chi connectivity index (χ0n) is 17.9. The van der Waals surface area contributed by atoms with Gasteiger partial charge in [0.05, 0.1) is 11.7 Å². The van der Waals surface area contributed by atoms with Crippen LogP contribution in [0.5, 0.6) is 0 Å². The van der Waals surface area contributed by atoms with Crippen LogP contribution in [-0.2, 0) is 14.3 Å². The molecule has 172 valence electrons. The number of hydrogen-bond acceptors (Lipinski definition) is 10. The first-order chi connectivity index (χ1) is 15.2. The molecule has 0 spiro atoms. The van der Waals surface area contributed by atoms with Gasteiger partial charge in [0.15, 0.2) is 6.23 Å². The van der Waals surface area contributed by atoms with Gasteiger partial charge in [0.1, 0.15) is 36.1 Å². The van der Waals surface area contributed by atoms with E-state index < -0.39 is 29.6 Å². The van der Waals surface area contributed by atoms with Crippen molar-refractivity contribution in [3.63, 3.8) is 0 Å². The molecular weight excluding hydrogens is 418 g/mol. The lowest BCUT2D eigenvalue weighted by Crippen LogP contribution is -2.44. The smallest absolute Gasteiger partial charge is 0.305 e. The van der Waals surface area contributed by atoms with Crippen LogP contribution in [0.25, 0.3) is 10.8 Å². The summed E-state index contributed by atoms with van der Waals surface area (Å²) in [5.41, 5.74) is 4.04. The summed E-state index contributed by atoms with van der Waals surface area (Å²) in [6, 6.07) is 1.20. The molecule has 0 amide bonds. The molecule has 0 saturated carbocycles. The molecule has 2 aliphatic rings. The number of aliphatic hydroxyl groups is 2. The van der Waals surface area contributed by atoms with Crippen molar-refractivity contribution in [3.8, 4) is 0 Å². The second-order valence-corrected chi connectivity index (χ2v) is 8.29. The van der Waals surface area contributed by atoms with Gasteiger partial charge in [0.25, 0.3) is 5.56 Å². The summed E-state index contributed by atoms with van der Waals surface area (Å²) in [5, 5.41) is 25.6. The van der Waals surface area contributed by atoms with Gasteiger partial charge in [-0.25, -0.2) is 4.99 Å². The second-order valence-electron chi connectivity index (χ2n) is 8.29. The minimum Gasteiger partial charge on any atom is -0.463 e. The molecule has 11 heteroatoms. The summed E-state index contributed by atoms with van der Waals surface area (Å²) in [6.07, 6.45) is 2.60. The molecule has 32 heavy (non-hydrogen) atoms. The van der Waals surface area contributed by atoms with Crippen LogP contribution in [0.2, 0.25) is 0 Å². The van der Waals surface area contributed by atoms with Crippen molar-refractivity contribution in [1.82, 2.24) is 9.55 Å². The predicted molar refractivity (Wildman–Crippen MR) is 118 cm³/mol. The predicted octanol–water partition coefficient (Wildman–Crippen LogP) is 1.20. The minimum atomic E-state index is -1.72. The van der Waals surface area contributed by atoms with E-state index in [1.54, 1.807) is 10.8 Å². The van der Waals surface area contributed by atoms with Gasteiger partial charge in [0, 0.05) is 29.8 Å². The van der Waals surface area contributed by atoms with E-state index in [2.05, 4.69) is 15.3 Å². The number of carbonyl (C=O) groups is 1. The van der Waals surface area contributed by atoms with Crippen molar-refractivity contribution in [3.05, 3.63) is 22.6 Å². The maximum Gasteiger partial charge on any atom is 0.305 e. The topological polar surface area (TPSA) is 161 Å². The van der Waals surface area contributed by atoms with Crippen molar-refractivity contribution in [2.75, 3.05) is 17.7 Å². The lowest BCUT2D eigenvalue weighted by atomic mass is 9.96. The number of hydrogen-bond donors (Lipinski definition) is 4. The van der Waals surface area contributed by atoms with Crippen LogP contribution in [-0.4, -0.2) is 56.5 Å². The standard InChI is InChI=1S/C21H27N5O6/c1-3-4-5-6-15(28)31-9-13-17(29)21(2,30)20(32-13)26-8-11-12(22)7-14(27)25-18-16(11)19(26)24-10-23-18/h7-8,10,13,17,20,29-30H,3-6,9,22H2,1-2H3,(H,23,24,25,27)/t13-,17-,20-,21+/m1/s1. The Bertz CT molecular complexity index is 1130. The van der Waals surface area contributed by atoms with Crippen molar-refractivity contribution in [2.24, 2.45) is 4.99 Å². The normalized spacial score (nSPS) is 26.3. The van der Waals surface area contributed by atoms with Gasteiger partial charge >= 0.3 is 5.97 Å². The number of nitrogens with two attached hydrogens (primary N) is 1. The Morgan fingerprint density at radius 2 is 2.22 bits per heavy atom. The fourth-order valence-corrected chi connectivity index (χ4v) is 4.09. The molecule has 0 unspecified atom stereocenters. The van der Waals surface area contributed by atoms with Crippen LogP contribution in [0.3, 0.4) is 0 Å². The zero-order valence-corrected chi connectivity index (χ0v) is 17.9. The third-order valence-electron chi connectivity index (χ3n) is 5.84. The lowest BCUT2D eigenvalue weighted by molar-refractivity contribution is -0.150. The van der Waals surface area contributed by atoms with Gasteiger partial charge in [0.2, 0.25) is 0 Å². The third kappa shape index (κ3) is 3.83. The number of rotatable bonds is 7. The monoisotopic (exact) mass is 445 g/mol. The third-order valence-corrected chi connectivity index (χ3v) is 5.84. The molecule has 1 fully saturated rings. The first kappa shape index (κ1) is 22.2. The minimum absolute atomic E-state index is 0.191. The van der Waals surface area contributed by atoms with Crippen molar-refractivity contribution < 1.29 is 24.5 Å². The van der Waals surface area contributed by atoms with Crippen molar-refractivity contribution >= 4 is 40.4 Å². The summed E-state index contributed by atoms with van der Waals surface area (Å²) in [4.78, 5) is 32.2. The number of anilines is 2. The molecule has 5 N–H and O–H groups in total. The van der Waals surface area contributed by atoms with Gasteiger partial charge in [-0.1, -0.05) is 19.8 Å². The van der Waals surface area contributed by atoms with Crippen LogP contribution < -0.4 is 16.6 Å². The van der Waals surface area contributed by atoms with Gasteiger partial charge in [-0.15, -0.1) is 0 Å². The fourth-order valence-electron chi connectivity index (χ4n) is 4.09. The summed E-state index contributed by atoms with van der Waals surface area (Å²) in [6.45, 7) is 3.29. The van der Waals surface area contributed by atoms with E-state index in [-0.39, 0.29) is 24.1 Å². The Morgan fingerprint density at radius 1 is 1.44 bits per heavy atom. The van der Waals surface area contributed by atoms with E-state index in [1.807, 2.05) is 6.92 Å². The van der Waals surface area contributed by atoms with Crippen LogP contribution >= 0.6 is 0 Å². The first-order valence-electron chi connectivity index (χ1n) is 10.6. The maximum atomic E-state index is 12.0. The maximum absolute atomic E-state index is 12.0. The van der Waals surface area contributed by atoms with Crippen molar-refractivity contribution in [1.29, 1.82) is 0 Å². The number of aromatic nitrogens is 2. The van der Waals surface area contributed by atoms with E-state index >= 15 is 0 Å². The summed E-state index contributed by atoms with van der Waals surface area (Å²) in [5.74, 6) is 0.263. The summed E-state index contributed by atoms with van der Waals surface area (Å²) >= 11 is 0. The number of aliphatic hydroxyl groups excluding tert-OH is 1. The van der Waals surface area contributed by atoms with Crippen LogP contribution in [0.15, 0.2) is 22.1 Å². The largest absolute Gasteiger partial charge is 0.463 e. The average molecular weight is 445 g/mol. The molecule has 0 radical (unpaired) electrons. The van der Waals surface area contributed by atoms with E-state index in [0.717, 1.165) is 19.3 Å². The highest BCUT2D eigenvalue weighted by Gasteiger charge is 2.54. The second kappa shape index (κ2) is 8.49. The molecule has 0 aromatic carbocycles. The molecule has 2 aromatic rings. The number of carbonyl (C=O) groups excluding carboxylic acids is 1. The van der Waals surface area contributed by atoms with E-state index in [0.29, 0.717) is 23.0 Å². The van der Waals surface area contributed by atoms with Crippen LogP contribution in [0, 0.1) is 0 Å². The summed E-state index contributed by atoms with van der Waals surface area (Å²) in [7, 11) is 0. The molecule has 2 aliphatic heterocycles. The highest BCUT2D eigenvalue weighted by atomic mass is 16.6. The Labute approximate surface area is 183 Å². The highest BCUT2D eigenvalue weighted by Crippen LogP contribution is 2.45. The number of ether oxygens (including phenoxy) is 2. The van der Waals surface area contributed by atoms with E-state index in [1.165, 1.54) is 19.3 Å². The number of nitrogens with zero attached hydrogens (tertiary/aromatic N) is 3. The van der Waals surface area contributed by atoms with Crippen LogP contribution in [0.1, 0.15) is 45.8 Å². The van der Waals surface area contributed by atoms with Crippen LogP contribution in [0.4, 0.5) is 17.3 Å². The Kier molecular flexibility index (Phi) is 5.89. The van der Waals surface area contributed by atoms with E-state index in [9.17, 15) is 19.8 Å². The molecular formula is C21H27N5O6. The molecule has 2 aromatic heterocycles. The number of nitrogens with one attached hydrogen (secondary N) is 1. The van der Waals surface area contributed by atoms with Gasteiger partial charge < -0.3 is 35.3 Å². The molecule has 1 saturated heterocycles. The molecule has 0 aliphatic carbocycles. The van der Waals surface area contributed by atoms with Crippen molar-refractivity contribution in [2.45, 2.75) is 63.6 Å². The zero-order chi connectivity index (χ0) is 23.0. The summed E-state index contributed by atoms with van der Waals surface area (Å²) < 4.78 is 12.7. The number of nitrogen functional groups attached to an aromatic ring is 1. The quantitative estimate of drug-likeness (QED) is 0.362. The highest BCUT2D eigenvalue weighted by molar-refractivity contribution is 6.10. The number of aliphatic imine (C=N–C) groups is 1. The number of unbranched alkanes of at least 4 members (excludes halogenated alkanes) is 2. The number of esters is 1. The van der Waals surface area contributed by atoms with E-state index in [4.69, 9.17) is 15.2 Å². The van der Waals surface area contributed by atoms with Gasteiger partial charge in [-0.2, -0.15) is 4.98 Å². The molecule has 4 heterocycles.